The van der Waals surface area contributed by atoms with Gasteiger partial charge in [0.15, 0.2) is 10.8 Å². The molecule has 1 aromatic heterocycles. The summed E-state index contributed by atoms with van der Waals surface area (Å²) in [5, 5.41) is 11.7. The number of nitrogens with one attached hydrogen (secondary N) is 1. The third-order valence-corrected chi connectivity index (χ3v) is 8.41. The second-order valence-electron chi connectivity index (χ2n) is 8.04. The summed E-state index contributed by atoms with van der Waals surface area (Å²) < 4.78 is 43.1. The van der Waals surface area contributed by atoms with E-state index < -0.39 is 16.7 Å². The molecule has 0 spiro atoms. The van der Waals surface area contributed by atoms with E-state index in [-0.39, 0.29) is 5.13 Å². The van der Waals surface area contributed by atoms with E-state index in [2.05, 4.69) is 63.4 Å². The van der Waals surface area contributed by atoms with Gasteiger partial charge in [-0.25, -0.2) is 9.29 Å². The third-order valence-electron chi connectivity index (χ3n) is 5.54. The molecule has 4 rings (SSSR count). The first-order valence-corrected chi connectivity index (χ1v) is 14.2. The van der Waals surface area contributed by atoms with Crippen LogP contribution in [-0.4, -0.2) is 55.2 Å². The largest absolute Gasteiger partial charge is 0.435 e. The number of aromatic nitrogens is 1. The third kappa shape index (κ3) is 8.04. The van der Waals surface area contributed by atoms with Crippen molar-refractivity contribution in [3.8, 4) is 6.07 Å². The molecular weight excluding hydrogens is 554 g/mol. The van der Waals surface area contributed by atoms with Crippen LogP contribution in [0.15, 0.2) is 53.4 Å². The number of carbonyl (C=O) groups is 1. The molecule has 1 fully saturated rings. The van der Waals surface area contributed by atoms with Crippen molar-refractivity contribution in [2.75, 3.05) is 54.0 Å². The number of alkyl halides is 3. The molecule has 2 aromatic carbocycles. The first-order valence-electron chi connectivity index (χ1n) is 11.5. The van der Waals surface area contributed by atoms with Gasteiger partial charge in [0.25, 0.3) is 0 Å². The number of amides is 1. The molecule has 1 N–H and O–H groups in total. The Morgan fingerprint density at radius 1 is 1.13 bits per heavy atom. The van der Waals surface area contributed by atoms with Gasteiger partial charge in [-0.3, -0.25) is 4.79 Å². The topological polar surface area (TPSA) is 75.5 Å². The van der Waals surface area contributed by atoms with Gasteiger partial charge in [0, 0.05) is 55.8 Å². The first-order chi connectivity index (χ1) is 18.2. The Balaban J connectivity index is 0.000000304. The lowest BCUT2D eigenvalue weighted by Gasteiger charge is -2.33. The van der Waals surface area contributed by atoms with Crippen molar-refractivity contribution >= 4 is 58.1 Å². The van der Waals surface area contributed by atoms with Crippen LogP contribution in [0.3, 0.4) is 0 Å². The average Bonchev–Trinajstić information content (AvgIpc) is 3.36. The number of hydrogen-bond acceptors (Lipinski definition) is 9. The highest BCUT2D eigenvalue weighted by atomic mass is 32.2. The number of aryl methyl sites for hydroxylation is 1. The molecule has 1 aliphatic heterocycles. The van der Waals surface area contributed by atoms with E-state index in [1.165, 1.54) is 11.3 Å². The summed E-state index contributed by atoms with van der Waals surface area (Å²) in [6.45, 7) is 4.45. The van der Waals surface area contributed by atoms with Crippen molar-refractivity contribution in [1.82, 2.24) is 9.29 Å². The Hall–Kier alpha value is -2.92. The molecule has 0 atom stereocenters. The lowest BCUT2D eigenvalue weighted by Crippen LogP contribution is -2.43. The summed E-state index contributed by atoms with van der Waals surface area (Å²) in [7, 11) is 2.08. The number of para-hydroxylation sites is 1. The molecule has 7 nitrogen and oxygen atoms in total. The van der Waals surface area contributed by atoms with E-state index in [0.29, 0.717) is 38.3 Å². The molecule has 0 saturated carbocycles. The number of nitrogens with zero attached hydrogens (tertiary/aromatic N) is 5. The molecule has 0 bridgehead atoms. The fourth-order valence-corrected chi connectivity index (χ4v) is 5.77. The molecule has 0 unspecified atom stereocenters. The summed E-state index contributed by atoms with van der Waals surface area (Å²) >= 11 is 4.05. The number of hydrogen-bond donors (Lipinski definition) is 1. The molecule has 1 saturated heterocycles. The van der Waals surface area contributed by atoms with Gasteiger partial charge < -0.3 is 14.5 Å². The Bertz CT molecular complexity index is 1240. The van der Waals surface area contributed by atoms with Crippen molar-refractivity contribution in [3.63, 3.8) is 0 Å². The predicted octanol–water partition coefficient (Wildman–Crippen LogP) is 6.14. The molecule has 1 aliphatic rings. The van der Waals surface area contributed by atoms with Crippen LogP contribution in [0.25, 0.3) is 0 Å². The minimum atomic E-state index is -4.62. The summed E-state index contributed by atoms with van der Waals surface area (Å²) in [5.74, 6) is 0. The van der Waals surface area contributed by atoms with Crippen LogP contribution in [0, 0.1) is 18.3 Å². The van der Waals surface area contributed by atoms with Crippen LogP contribution in [0.5, 0.6) is 0 Å². The monoisotopic (exact) mass is 580 g/mol. The number of anilines is 3. The van der Waals surface area contributed by atoms with Crippen molar-refractivity contribution < 1.29 is 18.0 Å². The number of halogens is 3. The Morgan fingerprint density at radius 2 is 1.79 bits per heavy atom. The highest BCUT2D eigenvalue weighted by molar-refractivity contribution is 7.99. The van der Waals surface area contributed by atoms with E-state index >= 15 is 0 Å². The van der Waals surface area contributed by atoms with Crippen LogP contribution >= 0.6 is 35.2 Å². The summed E-state index contributed by atoms with van der Waals surface area (Å²) in [4.78, 5) is 16.4. The Kier molecular flexibility index (Phi) is 10.7. The van der Waals surface area contributed by atoms with Crippen LogP contribution in [0.2, 0.25) is 0 Å². The molecule has 13 heteroatoms. The molecule has 202 valence electrons. The van der Waals surface area contributed by atoms with Gasteiger partial charge in [-0.15, -0.1) is 0 Å². The smallest absolute Gasteiger partial charge is 0.345 e. The van der Waals surface area contributed by atoms with Gasteiger partial charge >= 0.3 is 6.18 Å². The molecule has 3 aromatic rings. The van der Waals surface area contributed by atoms with Gasteiger partial charge in [0.2, 0.25) is 6.41 Å². The molecule has 0 radical (unpaired) electrons. The zero-order valence-electron chi connectivity index (χ0n) is 21.0. The van der Waals surface area contributed by atoms with E-state index in [0.717, 1.165) is 16.2 Å². The van der Waals surface area contributed by atoms with Gasteiger partial charge in [-0.2, -0.15) is 18.4 Å². The summed E-state index contributed by atoms with van der Waals surface area (Å²) in [5.41, 5.74) is 2.21. The van der Waals surface area contributed by atoms with E-state index in [1.54, 1.807) is 47.0 Å². The Morgan fingerprint density at radius 3 is 2.32 bits per heavy atom. The Labute approximate surface area is 232 Å². The van der Waals surface area contributed by atoms with Crippen molar-refractivity contribution in [3.05, 3.63) is 64.7 Å². The van der Waals surface area contributed by atoms with Crippen molar-refractivity contribution in [1.29, 1.82) is 5.26 Å². The highest BCUT2D eigenvalue weighted by Crippen LogP contribution is 2.37. The van der Waals surface area contributed by atoms with Crippen LogP contribution in [0.4, 0.5) is 29.7 Å². The van der Waals surface area contributed by atoms with Crippen LogP contribution in [0.1, 0.15) is 16.1 Å². The summed E-state index contributed by atoms with van der Waals surface area (Å²) in [6.07, 6.45) is -1.93. The molecule has 1 amide bonds. The molecule has 38 heavy (non-hydrogen) atoms. The summed E-state index contributed by atoms with van der Waals surface area (Å²) in [6, 6.07) is 17.3. The van der Waals surface area contributed by atoms with E-state index in [4.69, 9.17) is 5.26 Å². The fourth-order valence-electron chi connectivity index (χ4n) is 3.53. The van der Waals surface area contributed by atoms with Gasteiger partial charge in [-0.1, -0.05) is 41.5 Å². The first kappa shape index (κ1) is 29.6. The van der Waals surface area contributed by atoms with Crippen LogP contribution < -0.4 is 14.5 Å². The lowest BCUT2D eigenvalue weighted by atomic mass is 10.2. The average molecular weight is 581 g/mol. The molecule has 0 aliphatic carbocycles. The highest BCUT2D eigenvalue weighted by Gasteiger charge is 2.38. The number of piperazine rings is 1. The number of nitriles is 1. The SMILES string of the molecule is CSN(C)c1ccccc1C.N#Cc1sc(N2CCN(Sc3ccc(NC=O)cc3)CC2)nc1C(F)(F)F. The maximum atomic E-state index is 12.9. The van der Waals surface area contributed by atoms with E-state index in [9.17, 15) is 18.0 Å². The second kappa shape index (κ2) is 13.7. The second-order valence-corrected chi connectivity index (χ2v) is 11.1. The minimum Gasteiger partial charge on any atom is -0.345 e. The normalized spacial score (nSPS) is 13.8. The lowest BCUT2D eigenvalue weighted by molar-refractivity contribution is -0.140. The minimum absolute atomic E-state index is 0.229. The maximum Gasteiger partial charge on any atom is 0.435 e. The zero-order valence-corrected chi connectivity index (χ0v) is 23.5. The van der Waals surface area contributed by atoms with E-state index in [1.807, 2.05) is 12.1 Å². The number of thiazole rings is 1. The fraction of sp³-hybridized carbons (Fsp3) is 0.320. The van der Waals surface area contributed by atoms with Gasteiger partial charge in [0.1, 0.15) is 10.9 Å². The van der Waals surface area contributed by atoms with Gasteiger partial charge in [-0.05, 0) is 54.8 Å². The molecular formula is C25H27F3N6OS3. The predicted molar refractivity (Wildman–Crippen MR) is 151 cm³/mol. The maximum absolute atomic E-state index is 12.9. The van der Waals surface area contributed by atoms with Crippen LogP contribution in [-0.2, 0) is 11.0 Å². The number of rotatable bonds is 7. The number of benzene rings is 2. The van der Waals surface area contributed by atoms with Crippen molar-refractivity contribution in [2.24, 2.45) is 0 Å². The standard InChI is InChI=1S/C16H14F3N5OS2.C9H13NS/c17-16(18,19)14-13(9-20)26-15(22-14)23-5-7-24(8-6-23)27-12-3-1-11(2-4-12)21-10-25;1-8-6-4-5-7-9(8)10(2)11-3/h1-4,10H,5-8H2,(H,21,25);4-7H,1-3H3. The van der Waals surface area contributed by atoms with Gasteiger partial charge in [0.05, 0.1) is 0 Å². The molecule has 2 heterocycles. The zero-order chi connectivity index (χ0) is 27.7. The number of carbonyl (C=O) groups excluding carboxylic acids is 1. The quantitative estimate of drug-likeness (QED) is 0.264. The van der Waals surface area contributed by atoms with Crippen molar-refractivity contribution in [2.45, 2.75) is 18.0 Å².